The minimum atomic E-state index is -2.34. The Morgan fingerprint density at radius 2 is 2.19 bits per heavy atom. The third-order valence-electron chi connectivity index (χ3n) is 4.39. The fourth-order valence-corrected chi connectivity index (χ4v) is 3.04. The van der Waals surface area contributed by atoms with Crippen LogP contribution in [0.5, 0.6) is 0 Å². The number of hydrogen-bond donors (Lipinski definition) is 2. The molecule has 0 aliphatic heterocycles. The van der Waals surface area contributed by atoms with E-state index in [9.17, 15) is 9.59 Å². The molecule has 6 nitrogen and oxygen atoms in total. The Morgan fingerprint density at radius 1 is 1.33 bits per heavy atom. The number of aryl methyl sites for hydroxylation is 1. The molecule has 21 heavy (non-hydrogen) atoms. The van der Waals surface area contributed by atoms with Gasteiger partial charge in [0.1, 0.15) is 5.69 Å². The Bertz CT molecular complexity index is 914. The molecular formula is C15H16N4O2. The Hall–Kier alpha value is -2.24. The largest absolute Gasteiger partial charge is 0.325 e. The summed E-state index contributed by atoms with van der Waals surface area (Å²) in [4.78, 5) is 27.6. The Morgan fingerprint density at radius 3 is 2.90 bits per heavy atom. The second-order valence-electron chi connectivity index (χ2n) is 5.86. The zero-order valence-electron chi connectivity index (χ0n) is 14.2. The Labute approximate surface area is 124 Å². The van der Waals surface area contributed by atoms with Crippen molar-refractivity contribution in [3.05, 3.63) is 44.4 Å². The minimum Gasteiger partial charge on any atom is -0.313 e. The molecule has 2 saturated carbocycles. The molecule has 6 heteroatoms. The highest BCUT2D eigenvalue weighted by atomic mass is 16.2. The Balaban J connectivity index is 1.80. The molecule has 2 atom stereocenters. The van der Waals surface area contributed by atoms with Gasteiger partial charge in [-0.1, -0.05) is 0 Å². The summed E-state index contributed by atoms with van der Waals surface area (Å²) in [7, 11) is 0. The monoisotopic (exact) mass is 287 g/mol. The van der Waals surface area contributed by atoms with Crippen molar-refractivity contribution in [2.24, 2.45) is 11.8 Å². The second-order valence-corrected chi connectivity index (χ2v) is 5.86. The predicted molar refractivity (Wildman–Crippen MR) is 77.0 cm³/mol. The van der Waals surface area contributed by atoms with Crippen LogP contribution in [0.4, 0.5) is 0 Å². The summed E-state index contributed by atoms with van der Waals surface area (Å²) in [6, 6.07) is 1.64. The van der Waals surface area contributed by atoms with Gasteiger partial charge in [-0.2, -0.15) is 5.10 Å². The molecule has 2 unspecified atom stereocenters. The molecule has 4 rings (SSSR count). The van der Waals surface area contributed by atoms with Gasteiger partial charge in [0, 0.05) is 10.3 Å². The maximum atomic E-state index is 11.9. The van der Waals surface area contributed by atoms with Crippen LogP contribution in [0.15, 0.2) is 21.9 Å². The van der Waals surface area contributed by atoms with E-state index in [2.05, 4.69) is 20.2 Å². The van der Waals surface area contributed by atoms with Crippen LogP contribution in [0.2, 0.25) is 0 Å². The summed E-state index contributed by atoms with van der Waals surface area (Å²) in [5.74, 6) is 1.37. The summed E-state index contributed by atoms with van der Waals surface area (Å²) < 4.78 is 23.1. The van der Waals surface area contributed by atoms with Crippen LogP contribution >= 0.6 is 0 Å². The fraction of sp³-hybridized carbons (Fsp3) is 0.467. The molecule has 2 aliphatic rings. The van der Waals surface area contributed by atoms with Crippen LogP contribution in [0, 0.1) is 18.7 Å². The number of H-pyrrole nitrogens is 2. The molecule has 2 aromatic heterocycles. The molecular weight excluding hydrogens is 268 g/mol. The number of nitrogens with one attached hydrogen (secondary N) is 2. The van der Waals surface area contributed by atoms with Gasteiger partial charge in [0.15, 0.2) is 0 Å². The first-order valence-electron chi connectivity index (χ1n) is 8.55. The lowest BCUT2D eigenvalue weighted by molar-refractivity contribution is 0.686. The molecule has 0 saturated heterocycles. The molecule has 108 valence electrons. The molecule has 2 N–H and O–H groups in total. The lowest BCUT2D eigenvalue weighted by Crippen LogP contribution is -2.23. The van der Waals surface area contributed by atoms with Crippen molar-refractivity contribution in [2.75, 3.05) is 0 Å². The van der Waals surface area contributed by atoms with Crippen molar-refractivity contribution in [1.29, 1.82) is 0 Å². The van der Waals surface area contributed by atoms with Gasteiger partial charge in [-0.05, 0) is 55.5 Å². The zero-order valence-corrected chi connectivity index (χ0v) is 11.2. The molecule has 0 bridgehead atoms. The van der Waals surface area contributed by atoms with E-state index >= 15 is 0 Å². The minimum absolute atomic E-state index is 0.0141. The van der Waals surface area contributed by atoms with Crippen LogP contribution in [0.25, 0.3) is 11.3 Å². The normalized spacial score (nSPS) is 26.8. The van der Waals surface area contributed by atoms with Gasteiger partial charge < -0.3 is 4.98 Å². The van der Waals surface area contributed by atoms with Gasteiger partial charge in [0.25, 0.3) is 5.56 Å². The predicted octanol–water partition coefficient (Wildman–Crippen LogP) is 1.34. The molecule has 0 aromatic carbocycles. The van der Waals surface area contributed by atoms with Gasteiger partial charge >= 0.3 is 5.69 Å². The summed E-state index contributed by atoms with van der Waals surface area (Å²) in [6.07, 6.45) is 4.64. The van der Waals surface area contributed by atoms with Crippen molar-refractivity contribution < 1.29 is 4.11 Å². The molecule has 2 aliphatic carbocycles. The SMILES string of the molecule is [2H]C([2H])([2H])c1nnc(-c2c[nH]c(=O)[nH]c2=O)cc1C1CC1C1CC1. The number of aromatic nitrogens is 4. The fourth-order valence-electron chi connectivity index (χ4n) is 3.04. The lowest BCUT2D eigenvalue weighted by Gasteiger charge is -2.06. The van der Waals surface area contributed by atoms with E-state index in [1.807, 2.05) is 0 Å². The Kier molecular flexibility index (Phi) is 2.01. The van der Waals surface area contributed by atoms with Crippen molar-refractivity contribution in [3.8, 4) is 11.3 Å². The van der Waals surface area contributed by atoms with Crippen LogP contribution in [0.1, 0.15) is 40.6 Å². The molecule has 2 aromatic rings. The van der Waals surface area contributed by atoms with Crippen molar-refractivity contribution in [1.82, 2.24) is 20.2 Å². The van der Waals surface area contributed by atoms with E-state index in [1.54, 1.807) is 6.07 Å². The summed E-state index contributed by atoms with van der Waals surface area (Å²) in [5.41, 5.74) is -0.0639. The van der Waals surface area contributed by atoms with Gasteiger partial charge in [0.05, 0.1) is 11.3 Å². The van der Waals surface area contributed by atoms with E-state index in [0.717, 1.165) is 6.42 Å². The average molecular weight is 287 g/mol. The van der Waals surface area contributed by atoms with Gasteiger partial charge in [0.2, 0.25) is 0 Å². The second kappa shape index (κ2) is 4.38. The molecule has 0 radical (unpaired) electrons. The molecule has 2 heterocycles. The first-order chi connectivity index (χ1) is 11.3. The van der Waals surface area contributed by atoms with Crippen molar-refractivity contribution >= 4 is 0 Å². The van der Waals surface area contributed by atoms with E-state index in [-0.39, 0.29) is 22.9 Å². The molecule has 0 amide bonds. The third-order valence-corrected chi connectivity index (χ3v) is 4.39. The van der Waals surface area contributed by atoms with Crippen molar-refractivity contribution in [3.63, 3.8) is 0 Å². The third kappa shape index (κ3) is 2.20. The summed E-state index contributed by atoms with van der Waals surface area (Å²) >= 11 is 0. The van der Waals surface area contributed by atoms with Gasteiger partial charge in [-0.15, -0.1) is 5.10 Å². The van der Waals surface area contributed by atoms with Gasteiger partial charge in [-0.25, -0.2) is 4.79 Å². The highest BCUT2D eigenvalue weighted by Crippen LogP contribution is 2.59. The summed E-state index contributed by atoms with van der Waals surface area (Å²) in [5, 5.41) is 7.82. The standard InChI is InChI=1S/C15H16N4O2/c1-7-9(11-4-10(11)8-2-3-8)5-13(19-18-7)12-6-16-15(21)17-14(12)20/h5-6,8,10-11H,2-4H2,1H3,(H2,16,17,20,21)/i1D3. The average Bonchev–Trinajstić information content (AvgIpc) is 3.36. The van der Waals surface area contributed by atoms with Crippen LogP contribution < -0.4 is 11.2 Å². The van der Waals surface area contributed by atoms with E-state index in [1.165, 1.54) is 19.0 Å². The molecule has 2 fully saturated rings. The molecule has 0 spiro atoms. The zero-order chi connectivity index (χ0) is 17.1. The van der Waals surface area contributed by atoms with E-state index in [0.29, 0.717) is 17.4 Å². The van der Waals surface area contributed by atoms with E-state index in [4.69, 9.17) is 4.11 Å². The maximum Gasteiger partial charge on any atom is 0.325 e. The first-order valence-corrected chi connectivity index (χ1v) is 7.05. The van der Waals surface area contributed by atoms with Crippen LogP contribution in [-0.2, 0) is 0 Å². The number of aromatic amines is 2. The topological polar surface area (TPSA) is 91.5 Å². The smallest absolute Gasteiger partial charge is 0.313 e. The van der Waals surface area contributed by atoms with Crippen LogP contribution in [-0.4, -0.2) is 20.2 Å². The van der Waals surface area contributed by atoms with Crippen LogP contribution in [0.3, 0.4) is 0 Å². The highest BCUT2D eigenvalue weighted by Gasteiger charge is 2.48. The van der Waals surface area contributed by atoms with Crippen molar-refractivity contribution in [2.45, 2.75) is 32.0 Å². The van der Waals surface area contributed by atoms with E-state index < -0.39 is 18.1 Å². The highest BCUT2D eigenvalue weighted by molar-refractivity contribution is 5.57. The number of nitrogens with zero attached hydrogens (tertiary/aromatic N) is 2. The number of hydrogen-bond acceptors (Lipinski definition) is 4. The maximum absolute atomic E-state index is 11.9. The number of rotatable bonds is 3. The first kappa shape index (κ1) is 9.65. The summed E-state index contributed by atoms with van der Waals surface area (Å²) in [6.45, 7) is -2.34. The van der Waals surface area contributed by atoms with Gasteiger partial charge in [-0.3, -0.25) is 9.78 Å². The quantitative estimate of drug-likeness (QED) is 0.891. The lowest BCUT2D eigenvalue weighted by atomic mass is 10.0.